The van der Waals surface area contributed by atoms with E-state index in [-0.39, 0.29) is 0 Å². The van der Waals surface area contributed by atoms with E-state index in [1.54, 1.807) is 0 Å². The van der Waals surface area contributed by atoms with Crippen LogP contribution >= 0.6 is 8.46 Å². The minimum Gasteiger partial charge on any atom is -0.330 e. The van der Waals surface area contributed by atoms with Crippen LogP contribution in [0.4, 0.5) is 0 Å². The molecule has 0 spiro atoms. The minimum absolute atomic E-state index is 0.539. The lowest BCUT2D eigenvalue weighted by Crippen LogP contribution is -2.59. The zero-order chi connectivity index (χ0) is 15.2. The van der Waals surface area contributed by atoms with E-state index in [1.165, 1.54) is 77.0 Å². The maximum absolute atomic E-state index is 12.7. The summed E-state index contributed by atoms with van der Waals surface area (Å²) < 4.78 is 12.7. The average Bonchev–Trinajstić information content (AvgIpc) is 2.43. The fourth-order valence-electron chi connectivity index (χ4n) is 10.1. The van der Waals surface area contributed by atoms with Crippen LogP contribution < -0.4 is 0 Å². The number of rotatable bonds is 3. The molecule has 128 valence electrons. The summed E-state index contributed by atoms with van der Waals surface area (Å²) in [5, 5.41) is 0. The molecule has 1 nitrogen and oxygen atoms in total. The van der Waals surface area contributed by atoms with Crippen molar-refractivity contribution in [2.24, 2.45) is 46.3 Å². The molecule has 0 saturated heterocycles. The van der Waals surface area contributed by atoms with E-state index in [9.17, 15) is 4.57 Å². The molecule has 8 aliphatic carbocycles. The lowest BCUT2D eigenvalue weighted by atomic mass is 9.41. The molecule has 0 N–H and O–H groups in total. The van der Waals surface area contributed by atoms with E-state index >= 15 is 0 Å². The zero-order valence-electron chi connectivity index (χ0n) is 14.5. The van der Waals surface area contributed by atoms with Gasteiger partial charge in [0.1, 0.15) is 0 Å². The SMILES string of the molecule is O=[PH2]C(C12CC3CC(CC(C3)C1)C2)C12CC3CC(CC(C3)C1)C2. The molecule has 0 radical (unpaired) electrons. The van der Waals surface area contributed by atoms with Gasteiger partial charge in [-0.05, 0) is 123 Å². The fourth-order valence-corrected chi connectivity index (χ4v) is 11.4. The van der Waals surface area contributed by atoms with Gasteiger partial charge in [0.25, 0.3) is 0 Å². The van der Waals surface area contributed by atoms with E-state index < -0.39 is 8.46 Å². The highest BCUT2D eigenvalue weighted by molar-refractivity contribution is 7.24. The largest absolute Gasteiger partial charge is 0.330 e. The third-order valence-electron chi connectivity index (χ3n) is 9.63. The molecule has 0 heterocycles. The normalized spacial score (nSPS) is 60.9. The molecule has 8 aliphatic rings. The molecule has 8 rings (SSSR count). The van der Waals surface area contributed by atoms with Crippen molar-refractivity contribution in [1.82, 2.24) is 0 Å². The van der Waals surface area contributed by atoms with Gasteiger partial charge in [0.05, 0.1) is 8.46 Å². The van der Waals surface area contributed by atoms with Crippen LogP contribution in [0.3, 0.4) is 0 Å². The van der Waals surface area contributed by atoms with Crippen molar-refractivity contribution in [2.45, 2.75) is 82.7 Å². The van der Waals surface area contributed by atoms with Crippen LogP contribution in [0.5, 0.6) is 0 Å². The predicted molar refractivity (Wildman–Crippen MR) is 95.4 cm³/mol. The molecule has 8 fully saturated rings. The van der Waals surface area contributed by atoms with Crippen LogP contribution in [0.25, 0.3) is 0 Å². The van der Waals surface area contributed by atoms with Crippen molar-refractivity contribution >= 4 is 8.46 Å². The van der Waals surface area contributed by atoms with Crippen LogP contribution in [-0.4, -0.2) is 5.66 Å². The highest BCUT2D eigenvalue weighted by Gasteiger charge is 2.62. The van der Waals surface area contributed by atoms with Gasteiger partial charge in [-0.3, -0.25) is 0 Å². The van der Waals surface area contributed by atoms with Gasteiger partial charge in [0.15, 0.2) is 0 Å². The van der Waals surface area contributed by atoms with Gasteiger partial charge >= 0.3 is 0 Å². The fraction of sp³-hybridized carbons (Fsp3) is 1.00. The predicted octanol–water partition coefficient (Wildman–Crippen LogP) is 5.54. The van der Waals surface area contributed by atoms with E-state index in [4.69, 9.17) is 0 Å². The summed E-state index contributed by atoms with van der Waals surface area (Å²) in [6.45, 7) is 0. The molecule has 2 heteroatoms. The van der Waals surface area contributed by atoms with Crippen LogP contribution in [-0.2, 0) is 4.57 Å². The third-order valence-corrected chi connectivity index (χ3v) is 11.3. The molecule has 0 aromatic heterocycles. The standard InChI is InChI=1S/C21H33OP/c22-23-19(20-7-13-1-14(8-20)3-15(2-13)9-20)21-10-16-4-17(11-21)6-18(5-16)12-21/h13-19H,1-12,23H2. The lowest BCUT2D eigenvalue weighted by Gasteiger charge is -2.66. The highest BCUT2D eigenvalue weighted by Crippen LogP contribution is 2.71. The maximum atomic E-state index is 12.7. The van der Waals surface area contributed by atoms with Gasteiger partial charge in [-0.1, -0.05) is 0 Å². The Morgan fingerprint density at radius 3 is 1.04 bits per heavy atom. The summed E-state index contributed by atoms with van der Waals surface area (Å²) in [7, 11) is -0.572. The monoisotopic (exact) mass is 332 g/mol. The molecule has 8 bridgehead atoms. The summed E-state index contributed by atoms with van der Waals surface area (Å²) in [5.41, 5.74) is 1.71. The Balaban J connectivity index is 1.39. The molecule has 23 heavy (non-hydrogen) atoms. The summed E-state index contributed by atoms with van der Waals surface area (Å²) in [6, 6.07) is 0. The second kappa shape index (κ2) is 4.69. The van der Waals surface area contributed by atoms with Gasteiger partial charge < -0.3 is 4.57 Å². The van der Waals surface area contributed by atoms with E-state index in [1.807, 2.05) is 0 Å². The van der Waals surface area contributed by atoms with Crippen LogP contribution in [0.2, 0.25) is 0 Å². The molecule has 0 aromatic rings. The molecule has 0 amide bonds. The number of hydrogen-bond donors (Lipinski definition) is 0. The van der Waals surface area contributed by atoms with Crippen molar-refractivity contribution in [3.63, 3.8) is 0 Å². The van der Waals surface area contributed by atoms with Crippen molar-refractivity contribution in [3.05, 3.63) is 0 Å². The Hall–Kier alpha value is 0.230. The minimum atomic E-state index is -0.572. The Morgan fingerprint density at radius 2 is 0.826 bits per heavy atom. The van der Waals surface area contributed by atoms with Gasteiger partial charge in [-0.2, -0.15) is 0 Å². The molecular formula is C21H33OP. The molecule has 8 saturated carbocycles. The first-order valence-corrected chi connectivity index (χ1v) is 11.8. The summed E-state index contributed by atoms with van der Waals surface area (Å²) in [4.78, 5) is 0. The third kappa shape index (κ3) is 1.95. The van der Waals surface area contributed by atoms with Crippen LogP contribution in [0.1, 0.15) is 77.0 Å². The summed E-state index contributed by atoms with van der Waals surface area (Å²) in [5.74, 6) is 6.10. The van der Waals surface area contributed by atoms with Crippen LogP contribution in [0.15, 0.2) is 0 Å². The van der Waals surface area contributed by atoms with E-state index in [2.05, 4.69) is 0 Å². The molecule has 1 unspecified atom stereocenters. The lowest BCUT2D eigenvalue weighted by molar-refractivity contribution is -0.120. The second-order valence-electron chi connectivity index (χ2n) is 11.2. The number of hydrogen-bond acceptors (Lipinski definition) is 1. The highest BCUT2D eigenvalue weighted by atomic mass is 31.1. The molecule has 0 aromatic carbocycles. The van der Waals surface area contributed by atoms with E-state index in [0.29, 0.717) is 16.5 Å². The van der Waals surface area contributed by atoms with Gasteiger partial charge in [0.2, 0.25) is 0 Å². The van der Waals surface area contributed by atoms with Crippen molar-refractivity contribution in [2.75, 3.05) is 0 Å². The quantitative estimate of drug-likeness (QED) is 0.620. The van der Waals surface area contributed by atoms with Crippen LogP contribution in [0, 0.1) is 46.3 Å². The van der Waals surface area contributed by atoms with Crippen molar-refractivity contribution in [1.29, 1.82) is 0 Å². The van der Waals surface area contributed by atoms with Crippen molar-refractivity contribution < 1.29 is 4.57 Å². The summed E-state index contributed by atoms with van der Waals surface area (Å²) >= 11 is 0. The molecule has 1 atom stereocenters. The first-order chi connectivity index (χ1) is 11.2. The second-order valence-corrected chi connectivity index (χ2v) is 12.1. The Bertz CT molecular complexity index is 423. The van der Waals surface area contributed by atoms with Gasteiger partial charge in [-0.15, -0.1) is 0 Å². The zero-order valence-corrected chi connectivity index (χ0v) is 15.7. The first kappa shape index (κ1) is 14.4. The first-order valence-electron chi connectivity index (χ1n) is 10.6. The average molecular weight is 332 g/mol. The van der Waals surface area contributed by atoms with Gasteiger partial charge in [0, 0.05) is 5.66 Å². The smallest absolute Gasteiger partial charge is 0.0685 e. The molecule has 0 aliphatic heterocycles. The summed E-state index contributed by atoms with van der Waals surface area (Å²) in [6.07, 6.45) is 18.0. The molecular weight excluding hydrogens is 299 g/mol. The van der Waals surface area contributed by atoms with E-state index in [0.717, 1.165) is 35.5 Å². The van der Waals surface area contributed by atoms with Gasteiger partial charge in [-0.25, -0.2) is 0 Å². The Labute approximate surface area is 142 Å². The van der Waals surface area contributed by atoms with Crippen molar-refractivity contribution in [3.8, 4) is 0 Å². The Kier molecular flexibility index (Phi) is 2.94. The maximum Gasteiger partial charge on any atom is 0.0685 e. The topological polar surface area (TPSA) is 17.1 Å². The Morgan fingerprint density at radius 1 is 0.565 bits per heavy atom.